The van der Waals surface area contributed by atoms with E-state index < -0.39 is 5.82 Å². The summed E-state index contributed by atoms with van der Waals surface area (Å²) in [5.74, 6) is -1.02. The highest BCUT2D eigenvalue weighted by molar-refractivity contribution is 7.59. The van der Waals surface area contributed by atoms with E-state index in [1.807, 2.05) is 34.1 Å². The van der Waals surface area contributed by atoms with Crippen molar-refractivity contribution < 1.29 is 14.0 Å². The third-order valence-electron chi connectivity index (χ3n) is 8.49. The number of primary amides is 1. The third kappa shape index (κ3) is 5.46. The number of hydrogen-bond donors (Lipinski definition) is 1. The predicted octanol–water partition coefficient (Wildman–Crippen LogP) is 6.08. The van der Waals surface area contributed by atoms with Crippen molar-refractivity contribution in [1.29, 1.82) is 0 Å². The molecule has 8 nitrogen and oxygen atoms in total. The first kappa shape index (κ1) is 31.2. The van der Waals surface area contributed by atoms with Crippen LogP contribution in [0.3, 0.4) is 0 Å². The highest BCUT2D eigenvalue weighted by Gasteiger charge is 2.30. The van der Waals surface area contributed by atoms with Gasteiger partial charge in [-0.1, -0.05) is 13.5 Å². The molecule has 11 heteroatoms. The second kappa shape index (κ2) is 12.4. The summed E-state index contributed by atoms with van der Waals surface area (Å²) in [6, 6.07) is 12.8. The second-order valence-electron chi connectivity index (χ2n) is 11.0. The molecule has 5 aromatic rings. The number of imidazole rings is 1. The number of benzene rings is 1. The molecule has 44 heavy (non-hydrogen) atoms. The van der Waals surface area contributed by atoms with E-state index in [0.717, 1.165) is 17.5 Å². The van der Waals surface area contributed by atoms with E-state index in [1.54, 1.807) is 46.6 Å². The van der Waals surface area contributed by atoms with Crippen molar-refractivity contribution >= 4 is 48.0 Å². The highest BCUT2D eigenvalue weighted by Crippen LogP contribution is 2.36. The van der Waals surface area contributed by atoms with Crippen LogP contribution in [0.15, 0.2) is 72.6 Å². The fraction of sp³-hybridized carbons (Fsp3) is 0.273. The molecule has 0 unspecified atom stereocenters. The Morgan fingerprint density at radius 3 is 2.66 bits per heavy atom. The number of carbonyl (C=O) groups excluding carboxylic acids is 2. The summed E-state index contributed by atoms with van der Waals surface area (Å²) in [7, 11) is 0. The van der Waals surface area contributed by atoms with E-state index in [9.17, 15) is 9.59 Å². The number of rotatable bonds is 5. The monoisotopic (exact) mass is 630 g/mol. The number of nitrogens with zero attached hydrogens (tertiary/aromatic N) is 5. The van der Waals surface area contributed by atoms with Crippen molar-refractivity contribution in [3.63, 3.8) is 0 Å². The lowest BCUT2D eigenvalue weighted by Crippen LogP contribution is -2.38. The predicted molar refractivity (Wildman–Crippen MR) is 178 cm³/mol. The Kier molecular flexibility index (Phi) is 8.80. The van der Waals surface area contributed by atoms with Crippen LogP contribution in [0.1, 0.15) is 47.6 Å². The van der Waals surface area contributed by atoms with Gasteiger partial charge in [0, 0.05) is 71.7 Å². The van der Waals surface area contributed by atoms with Crippen LogP contribution in [0.2, 0.25) is 0 Å². The van der Waals surface area contributed by atoms with Crippen molar-refractivity contribution in [3.05, 3.63) is 94.5 Å². The number of thiophene rings is 1. The maximum Gasteiger partial charge on any atom is 0.255 e. The van der Waals surface area contributed by atoms with Gasteiger partial charge in [0.05, 0.1) is 23.2 Å². The van der Waals surface area contributed by atoms with Gasteiger partial charge >= 0.3 is 0 Å². The molecule has 2 atom stereocenters. The van der Waals surface area contributed by atoms with Gasteiger partial charge in [0.25, 0.3) is 5.91 Å². The third-order valence-corrected chi connectivity index (χ3v) is 9.49. The number of pyridine rings is 2. The number of halogens is 1. The van der Waals surface area contributed by atoms with Crippen LogP contribution in [-0.4, -0.2) is 50.7 Å². The Morgan fingerprint density at radius 1 is 1.09 bits per heavy atom. The van der Waals surface area contributed by atoms with E-state index in [4.69, 9.17) is 10.7 Å². The average molecular weight is 631 g/mol. The lowest BCUT2D eigenvalue weighted by atomic mass is 10.00. The van der Waals surface area contributed by atoms with E-state index >= 15 is 4.39 Å². The zero-order chi connectivity index (χ0) is 29.0. The maximum absolute atomic E-state index is 15.5. The summed E-state index contributed by atoms with van der Waals surface area (Å²) in [5.41, 5.74) is 10.9. The molecule has 2 N–H and O–H groups in total. The van der Waals surface area contributed by atoms with Crippen LogP contribution >= 0.6 is 24.8 Å². The first-order chi connectivity index (χ1) is 20.4. The molecule has 6 heterocycles. The summed E-state index contributed by atoms with van der Waals surface area (Å²) in [5, 5.41) is 2.09. The number of fused-ring (bicyclic) bond motifs is 2. The van der Waals surface area contributed by atoms with E-state index in [-0.39, 0.29) is 44.7 Å². The maximum atomic E-state index is 15.5. The van der Waals surface area contributed by atoms with Gasteiger partial charge in [-0.05, 0) is 67.1 Å². The second-order valence-corrected chi connectivity index (χ2v) is 12.0. The fourth-order valence-electron chi connectivity index (χ4n) is 6.17. The van der Waals surface area contributed by atoms with Gasteiger partial charge in [-0.15, -0.1) is 11.3 Å². The number of anilines is 1. The van der Waals surface area contributed by atoms with Crippen molar-refractivity contribution in [2.75, 3.05) is 24.5 Å². The molecule has 0 aliphatic carbocycles. The standard InChI is InChI=1S/C32H29FN6O2S.CH4.H2S/c1-19-24-8-12-42-29(24)7-11-39(19)32(41)22-13-26(20-3-2-9-35-15-20)31-36-28(18-38(31)17-22)25-5-4-23(14-27(25)33)37-10-6-21(16-37)30(34)40;;/h2-5,8-9,12-15,17-19,21H,6-7,10-11,16H2,1H3,(H2,34,40);1H4;1H2/t19-,21+;;/m1../s1. The van der Waals surface area contributed by atoms with Crippen molar-refractivity contribution in [3.8, 4) is 22.4 Å². The Labute approximate surface area is 266 Å². The van der Waals surface area contributed by atoms with E-state index in [0.29, 0.717) is 54.2 Å². The molecule has 1 fully saturated rings. The topological polar surface area (TPSA) is 96.8 Å². The van der Waals surface area contributed by atoms with Gasteiger partial charge in [0.1, 0.15) is 11.5 Å². The smallest absolute Gasteiger partial charge is 0.255 e. The molecule has 0 spiro atoms. The minimum atomic E-state index is -0.411. The molecule has 1 aromatic carbocycles. The molecule has 1 saturated heterocycles. The zero-order valence-corrected chi connectivity index (χ0v) is 25.4. The first-order valence-electron chi connectivity index (χ1n) is 14.0. The Morgan fingerprint density at radius 2 is 1.93 bits per heavy atom. The van der Waals surface area contributed by atoms with Gasteiger partial charge in [0.2, 0.25) is 5.91 Å². The quantitative estimate of drug-likeness (QED) is 0.254. The molecule has 2 amide bonds. The van der Waals surface area contributed by atoms with Crippen LogP contribution in [0, 0.1) is 11.7 Å². The molecule has 7 rings (SSSR count). The van der Waals surface area contributed by atoms with Crippen LogP contribution < -0.4 is 10.6 Å². The first-order valence-corrected chi connectivity index (χ1v) is 14.9. The summed E-state index contributed by atoms with van der Waals surface area (Å²) in [6.07, 6.45) is 8.48. The number of nitrogens with two attached hydrogens (primary N) is 1. The number of amides is 2. The number of hydrogen-bond acceptors (Lipinski definition) is 6. The summed E-state index contributed by atoms with van der Waals surface area (Å²) >= 11 is 1.74. The Balaban J connectivity index is 0.00000192. The molecule has 0 radical (unpaired) electrons. The van der Waals surface area contributed by atoms with Gasteiger partial charge in [-0.2, -0.15) is 13.5 Å². The van der Waals surface area contributed by atoms with Crippen LogP contribution in [0.5, 0.6) is 0 Å². The van der Waals surface area contributed by atoms with Gasteiger partial charge < -0.3 is 19.9 Å². The van der Waals surface area contributed by atoms with Gasteiger partial charge in [0.15, 0.2) is 0 Å². The Bertz CT molecular complexity index is 1840. The molecule has 2 aliphatic heterocycles. The molecule has 0 bridgehead atoms. The summed E-state index contributed by atoms with van der Waals surface area (Å²) < 4.78 is 17.4. The molecule has 0 saturated carbocycles. The van der Waals surface area contributed by atoms with Crippen LogP contribution in [0.4, 0.5) is 10.1 Å². The van der Waals surface area contributed by atoms with Crippen molar-refractivity contribution in [2.24, 2.45) is 11.7 Å². The normalized spacial score (nSPS) is 17.6. The molecular formula is C33H35FN6O2S2. The van der Waals surface area contributed by atoms with Crippen LogP contribution in [0.25, 0.3) is 28.0 Å². The van der Waals surface area contributed by atoms with Crippen molar-refractivity contribution in [1.82, 2.24) is 19.3 Å². The summed E-state index contributed by atoms with van der Waals surface area (Å²) in [4.78, 5) is 39.8. The van der Waals surface area contributed by atoms with Crippen molar-refractivity contribution in [2.45, 2.75) is 33.2 Å². The fourth-order valence-corrected chi connectivity index (χ4v) is 7.13. The molecular weight excluding hydrogens is 596 g/mol. The lowest BCUT2D eigenvalue weighted by molar-refractivity contribution is -0.121. The minimum Gasteiger partial charge on any atom is -0.371 e. The molecule has 4 aromatic heterocycles. The largest absolute Gasteiger partial charge is 0.371 e. The summed E-state index contributed by atoms with van der Waals surface area (Å²) in [6.45, 7) is 3.85. The number of carbonyl (C=O) groups is 2. The molecule has 2 aliphatic rings. The van der Waals surface area contributed by atoms with E-state index in [1.165, 1.54) is 16.5 Å². The molecule has 228 valence electrons. The Hall–Kier alpha value is -4.22. The lowest BCUT2D eigenvalue weighted by Gasteiger charge is -2.33. The minimum absolute atomic E-state index is 0. The zero-order valence-electron chi connectivity index (χ0n) is 23.5. The highest BCUT2D eigenvalue weighted by atomic mass is 32.1. The number of aromatic nitrogens is 3. The van der Waals surface area contributed by atoms with Crippen LogP contribution in [-0.2, 0) is 11.2 Å². The SMILES string of the molecule is C.C[C@@H]1c2ccsc2CCN1C(=O)c1cc(-c2cccnc2)c2nc(-c3ccc(N4CC[C@H](C(N)=O)C4)cc3F)cn2c1.S. The van der Waals surface area contributed by atoms with Gasteiger partial charge in [-0.3, -0.25) is 14.6 Å². The van der Waals surface area contributed by atoms with E-state index in [2.05, 4.69) is 23.4 Å². The average Bonchev–Trinajstić information content (AvgIpc) is 3.77. The van der Waals surface area contributed by atoms with Gasteiger partial charge in [-0.25, -0.2) is 9.37 Å².